The maximum absolute atomic E-state index is 11.9. The van der Waals surface area contributed by atoms with Crippen molar-refractivity contribution >= 4 is 39.3 Å². The molecule has 0 radical (unpaired) electrons. The van der Waals surface area contributed by atoms with Crippen molar-refractivity contribution in [3.05, 3.63) is 69.2 Å². The summed E-state index contributed by atoms with van der Waals surface area (Å²) in [6, 6.07) is 13.4. The number of Topliss-reactive ketones (excluding diaryl/α,β-unsaturated/α-hetero) is 1. The zero-order valence-electron chi connectivity index (χ0n) is 10.3. The summed E-state index contributed by atoms with van der Waals surface area (Å²) in [5.41, 5.74) is 0.725. The Morgan fingerprint density at radius 2 is 1.85 bits per heavy atom. The molecule has 0 heterocycles. The molecule has 2 rings (SSSR count). The third kappa shape index (κ3) is 3.68. The number of ketones is 1. The number of carbonyl (C=O) groups excluding carboxylic acids is 2. The molecular weight excluding hydrogens is 344 g/mol. The average molecular weight is 354 g/mol. The van der Waals surface area contributed by atoms with Gasteiger partial charge in [0.1, 0.15) is 0 Å². The summed E-state index contributed by atoms with van der Waals surface area (Å²) in [6.07, 6.45) is 0. The molecule has 0 spiro atoms. The van der Waals surface area contributed by atoms with Crippen LogP contribution in [0.1, 0.15) is 20.7 Å². The molecule has 2 aromatic carbocycles. The lowest BCUT2D eigenvalue weighted by Crippen LogP contribution is -2.14. The van der Waals surface area contributed by atoms with Crippen LogP contribution in [0.2, 0.25) is 5.02 Å². The first-order valence-corrected chi connectivity index (χ1v) is 6.95. The van der Waals surface area contributed by atoms with E-state index in [2.05, 4.69) is 15.9 Å². The number of hydrogen-bond donors (Lipinski definition) is 0. The van der Waals surface area contributed by atoms with Crippen LogP contribution in [0.3, 0.4) is 0 Å². The summed E-state index contributed by atoms with van der Waals surface area (Å²) in [4.78, 5) is 23.7. The van der Waals surface area contributed by atoms with Gasteiger partial charge < -0.3 is 4.74 Å². The molecule has 0 saturated heterocycles. The smallest absolute Gasteiger partial charge is 0.340 e. The Morgan fingerprint density at radius 1 is 1.10 bits per heavy atom. The van der Waals surface area contributed by atoms with Gasteiger partial charge in [0, 0.05) is 10.0 Å². The zero-order valence-corrected chi connectivity index (χ0v) is 12.6. The number of hydrogen-bond acceptors (Lipinski definition) is 3. The van der Waals surface area contributed by atoms with Gasteiger partial charge in [0.25, 0.3) is 0 Å². The van der Waals surface area contributed by atoms with Crippen LogP contribution in [0.15, 0.2) is 53.0 Å². The van der Waals surface area contributed by atoms with E-state index in [1.54, 1.807) is 42.5 Å². The second-order valence-electron chi connectivity index (χ2n) is 3.99. The van der Waals surface area contributed by atoms with Crippen LogP contribution in [0.25, 0.3) is 0 Å². The van der Waals surface area contributed by atoms with Crippen molar-refractivity contribution in [1.82, 2.24) is 0 Å². The molecule has 0 atom stereocenters. The van der Waals surface area contributed by atoms with Gasteiger partial charge in [-0.2, -0.15) is 0 Å². The summed E-state index contributed by atoms with van der Waals surface area (Å²) in [7, 11) is 0. The van der Waals surface area contributed by atoms with Gasteiger partial charge in [-0.25, -0.2) is 4.79 Å². The molecule has 20 heavy (non-hydrogen) atoms. The largest absolute Gasteiger partial charge is 0.454 e. The van der Waals surface area contributed by atoms with Crippen molar-refractivity contribution in [2.45, 2.75) is 0 Å². The van der Waals surface area contributed by atoms with Gasteiger partial charge in [-0.15, -0.1) is 0 Å². The fourth-order valence-electron chi connectivity index (χ4n) is 1.58. The SMILES string of the molecule is O=C(COC(=O)c1ccccc1Cl)c1cccc(Br)c1. The van der Waals surface area contributed by atoms with Gasteiger partial charge in [-0.3, -0.25) is 4.79 Å². The predicted molar refractivity (Wildman–Crippen MR) is 80.2 cm³/mol. The predicted octanol–water partition coefficient (Wildman–Crippen LogP) is 4.14. The van der Waals surface area contributed by atoms with E-state index in [1.165, 1.54) is 0 Å². The van der Waals surface area contributed by atoms with E-state index in [-0.39, 0.29) is 18.0 Å². The number of ether oxygens (including phenoxy) is 1. The van der Waals surface area contributed by atoms with Crippen LogP contribution >= 0.6 is 27.5 Å². The lowest BCUT2D eigenvalue weighted by molar-refractivity contribution is 0.0475. The van der Waals surface area contributed by atoms with Crippen molar-refractivity contribution in [2.24, 2.45) is 0 Å². The minimum atomic E-state index is -0.612. The van der Waals surface area contributed by atoms with Gasteiger partial charge in [-0.1, -0.05) is 51.8 Å². The normalized spacial score (nSPS) is 10.1. The molecule has 3 nitrogen and oxygen atoms in total. The van der Waals surface area contributed by atoms with Crippen molar-refractivity contribution in [1.29, 1.82) is 0 Å². The first-order valence-electron chi connectivity index (χ1n) is 5.78. The second kappa shape index (κ2) is 6.68. The molecular formula is C15H10BrClO3. The maximum Gasteiger partial charge on any atom is 0.340 e. The number of rotatable bonds is 4. The summed E-state index contributed by atoms with van der Waals surface area (Å²) in [5.74, 6) is -0.884. The molecule has 0 amide bonds. The van der Waals surface area contributed by atoms with Crippen LogP contribution in [-0.4, -0.2) is 18.4 Å². The van der Waals surface area contributed by atoms with Crippen molar-refractivity contribution < 1.29 is 14.3 Å². The van der Waals surface area contributed by atoms with E-state index >= 15 is 0 Å². The van der Waals surface area contributed by atoms with Crippen LogP contribution < -0.4 is 0 Å². The van der Waals surface area contributed by atoms with Crippen molar-refractivity contribution in [2.75, 3.05) is 6.61 Å². The van der Waals surface area contributed by atoms with Crippen molar-refractivity contribution in [3.8, 4) is 0 Å². The Morgan fingerprint density at radius 3 is 2.55 bits per heavy atom. The van der Waals surface area contributed by atoms with Gasteiger partial charge in [-0.05, 0) is 24.3 Å². The lowest BCUT2D eigenvalue weighted by Gasteiger charge is -2.06. The van der Waals surface area contributed by atoms with E-state index in [9.17, 15) is 9.59 Å². The summed E-state index contributed by atoms with van der Waals surface area (Å²) in [5, 5.41) is 0.299. The number of carbonyl (C=O) groups is 2. The molecule has 0 aliphatic heterocycles. The summed E-state index contributed by atoms with van der Waals surface area (Å²) < 4.78 is 5.77. The monoisotopic (exact) mass is 352 g/mol. The van der Waals surface area contributed by atoms with E-state index < -0.39 is 5.97 Å². The molecule has 0 aliphatic carbocycles. The molecule has 0 fully saturated rings. The average Bonchev–Trinajstić information content (AvgIpc) is 2.45. The highest BCUT2D eigenvalue weighted by Gasteiger charge is 2.14. The highest BCUT2D eigenvalue weighted by atomic mass is 79.9. The number of benzene rings is 2. The minimum absolute atomic E-state index is 0.246. The number of halogens is 2. The molecule has 2 aromatic rings. The molecule has 0 aromatic heterocycles. The summed E-state index contributed by atoms with van der Waals surface area (Å²) >= 11 is 9.16. The Bertz CT molecular complexity index is 655. The van der Waals surface area contributed by atoms with Crippen molar-refractivity contribution in [3.63, 3.8) is 0 Å². The Kier molecular flexibility index (Phi) is 4.93. The second-order valence-corrected chi connectivity index (χ2v) is 5.31. The van der Waals surface area contributed by atoms with Gasteiger partial charge >= 0.3 is 5.97 Å². The minimum Gasteiger partial charge on any atom is -0.454 e. The van der Waals surface area contributed by atoms with E-state index in [1.807, 2.05) is 6.07 Å². The van der Waals surface area contributed by atoms with Crippen LogP contribution in [-0.2, 0) is 4.74 Å². The molecule has 0 aliphatic rings. The first-order chi connectivity index (χ1) is 9.58. The fraction of sp³-hybridized carbons (Fsp3) is 0.0667. The zero-order chi connectivity index (χ0) is 14.5. The van der Waals surface area contributed by atoms with E-state index in [4.69, 9.17) is 16.3 Å². The molecule has 0 bridgehead atoms. The maximum atomic E-state index is 11.9. The Hall–Kier alpha value is -1.65. The van der Waals surface area contributed by atoms with Crippen LogP contribution in [0.5, 0.6) is 0 Å². The molecule has 102 valence electrons. The van der Waals surface area contributed by atoms with Crippen LogP contribution in [0.4, 0.5) is 0 Å². The topological polar surface area (TPSA) is 43.4 Å². The third-order valence-electron chi connectivity index (χ3n) is 2.57. The van der Waals surface area contributed by atoms with Gasteiger partial charge in [0.15, 0.2) is 12.4 Å². The van der Waals surface area contributed by atoms with Gasteiger partial charge in [0.05, 0.1) is 10.6 Å². The first kappa shape index (κ1) is 14.8. The number of esters is 1. The molecule has 0 saturated carbocycles. The Balaban J connectivity index is 2.01. The van der Waals surface area contributed by atoms with E-state index in [0.29, 0.717) is 10.6 Å². The van der Waals surface area contributed by atoms with Gasteiger partial charge in [0.2, 0.25) is 0 Å². The van der Waals surface area contributed by atoms with Crippen LogP contribution in [0, 0.1) is 0 Å². The quantitative estimate of drug-likeness (QED) is 0.613. The standard InChI is InChI=1S/C15H10BrClO3/c16-11-5-3-4-10(8-11)14(18)9-20-15(19)12-6-1-2-7-13(12)17/h1-8H,9H2. The molecule has 0 unspecified atom stereocenters. The van der Waals surface area contributed by atoms with E-state index in [0.717, 1.165) is 4.47 Å². The third-order valence-corrected chi connectivity index (χ3v) is 3.40. The molecule has 0 N–H and O–H groups in total. The highest BCUT2D eigenvalue weighted by Crippen LogP contribution is 2.16. The molecule has 5 heteroatoms. The Labute approximate surface area is 129 Å². The fourth-order valence-corrected chi connectivity index (χ4v) is 2.19. The highest BCUT2D eigenvalue weighted by molar-refractivity contribution is 9.10. The lowest BCUT2D eigenvalue weighted by atomic mass is 10.1. The summed E-state index contributed by atoms with van der Waals surface area (Å²) in [6.45, 7) is -0.319.